The fourth-order valence-corrected chi connectivity index (χ4v) is 3.96. The lowest BCUT2D eigenvalue weighted by Crippen LogP contribution is -2.29. The number of carbonyl (C=O) groups excluding carboxylic acids is 1. The maximum Gasteiger partial charge on any atom is 0.254 e. The van der Waals surface area contributed by atoms with Gasteiger partial charge in [0.25, 0.3) is 5.91 Å². The normalized spacial score (nSPS) is 12.4. The number of benzene rings is 3. The highest BCUT2D eigenvalue weighted by Crippen LogP contribution is 2.26. The molecule has 174 valence electrons. The molecule has 4 aromatic rings. The lowest BCUT2D eigenvalue weighted by Gasteiger charge is -2.25. The predicted octanol–water partition coefficient (Wildman–Crippen LogP) is 4.19. The van der Waals surface area contributed by atoms with Gasteiger partial charge in [-0.1, -0.05) is 29.8 Å². The van der Waals surface area contributed by atoms with Crippen LogP contribution >= 0.6 is 0 Å². The molecule has 1 heterocycles. The number of nitrogens with two attached hydrogens (primary N) is 1. The molecule has 0 spiro atoms. The molecule has 34 heavy (non-hydrogen) atoms. The van der Waals surface area contributed by atoms with Crippen LogP contribution in [0.4, 0.5) is 0 Å². The number of nitrogens with zero attached hydrogens (tertiary/aromatic N) is 3. The summed E-state index contributed by atoms with van der Waals surface area (Å²) in [5, 5.41) is 13.4. The number of amides is 1. The molecule has 8 nitrogen and oxygen atoms in total. The van der Waals surface area contributed by atoms with Gasteiger partial charge in [-0.25, -0.2) is 13.6 Å². The van der Waals surface area contributed by atoms with Gasteiger partial charge >= 0.3 is 0 Å². The van der Waals surface area contributed by atoms with E-state index in [9.17, 15) is 13.2 Å². The highest BCUT2D eigenvalue weighted by Gasteiger charge is 2.20. The van der Waals surface area contributed by atoms with Crippen molar-refractivity contribution in [3.05, 3.63) is 89.5 Å². The summed E-state index contributed by atoms with van der Waals surface area (Å²) in [5.74, 6) is 0.615. The molecular weight excluding hydrogens is 452 g/mol. The van der Waals surface area contributed by atoms with Gasteiger partial charge in [0.05, 0.1) is 10.9 Å². The molecule has 1 amide bonds. The van der Waals surface area contributed by atoms with Gasteiger partial charge in [-0.2, -0.15) is 0 Å². The lowest BCUT2D eigenvalue weighted by molar-refractivity contribution is 0.0742. The number of hydrogen-bond acceptors (Lipinski definition) is 6. The van der Waals surface area contributed by atoms with Crippen LogP contribution in [-0.4, -0.2) is 36.5 Å². The summed E-state index contributed by atoms with van der Waals surface area (Å²) < 4.78 is 28.7. The van der Waals surface area contributed by atoms with Crippen LogP contribution < -0.4 is 5.14 Å². The SMILES string of the molecule is Cc1ccc(-c2nnc(-c3ccc(C(=O)N(C)C(C)c4ccc(S(N)(=O)=O)cc4)cc3)o2)cc1. The van der Waals surface area contributed by atoms with Crippen molar-refractivity contribution in [1.29, 1.82) is 0 Å². The Hall–Kier alpha value is -3.82. The number of aryl methyl sites for hydroxylation is 1. The second-order valence-corrected chi connectivity index (χ2v) is 9.62. The molecule has 9 heteroatoms. The van der Waals surface area contributed by atoms with Crippen molar-refractivity contribution in [2.45, 2.75) is 24.8 Å². The molecule has 4 rings (SSSR count). The first kappa shape index (κ1) is 23.3. The fraction of sp³-hybridized carbons (Fsp3) is 0.160. The molecule has 0 aliphatic heterocycles. The first-order chi connectivity index (χ1) is 16.1. The highest BCUT2D eigenvalue weighted by atomic mass is 32.2. The molecule has 1 aromatic heterocycles. The summed E-state index contributed by atoms with van der Waals surface area (Å²) in [4.78, 5) is 14.6. The van der Waals surface area contributed by atoms with E-state index in [2.05, 4.69) is 10.2 Å². The summed E-state index contributed by atoms with van der Waals surface area (Å²) in [6.07, 6.45) is 0. The Morgan fingerprint density at radius 1 is 0.882 bits per heavy atom. The van der Waals surface area contributed by atoms with E-state index in [0.717, 1.165) is 16.7 Å². The van der Waals surface area contributed by atoms with Crippen LogP contribution in [0.5, 0.6) is 0 Å². The summed E-state index contributed by atoms with van der Waals surface area (Å²) in [6, 6.07) is 20.6. The minimum absolute atomic E-state index is 0.0274. The molecule has 1 unspecified atom stereocenters. The van der Waals surface area contributed by atoms with Crippen molar-refractivity contribution in [2.75, 3.05) is 7.05 Å². The topological polar surface area (TPSA) is 119 Å². The zero-order valence-corrected chi connectivity index (χ0v) is 19.8. The van der Waals surface area contributed by atoms with E-state index in [0.29, 0.717) is 22.9 Å². The van der Waals surface area contributed by atoms with Crippen LogP contribution in [-0.2, 0) is 10.0 Å². The molecule has 0 aliphatic carbocycles. The van der Waals surface area contributed by atoms with Crippen LogP contribution in [0.1, 0.15) is 34.5 Å². The Labute approximate surface area is 198 Å². The molecule has 1 atom stereocenters. The summed E-state index contributed by atoms with van der Waals surface area (Å²) in [6.45, 7) is 3.87. The molecule has 0 saturated heterocycles. The van der Waals surface area contributed by atoms with E-state index >= 15 is 0 Å². The second-order valence-electron chi connectivity index (χ2n) is 8.06. The van der Waals surface area contributed by atoms with Gasteiger partial charge in [0, 0.05) is 23.7 Å². The van der Waals surface area contributed by atoms with E-state index in [4.69, 9.17) is 9.56 Å². The first-order valence-corrected chi connectivity index (χ1v) is 12.1. The van der Waals surface area contributed by atoms with Gasteiger partial charge in [0.2, 0.25) is 21.8 Å². The zero-order valence-electron chi connectivity index (χ0n) is 19.0. The highest BCUT2D eigenvalue weighted by molar-refractivity contribution is 7.89. The van der Waals surface area contributed by atoms with E-state index in [-0.39, 0.29) is 16.8 Å². The maximum atomic E-state index is 13.0. The molecule has 0 bridgehead atoms. The molecule has 2 N–H and O–H groups in total. The Balaban J connectivity index is 1.48. The van der Waals surface area contributed by atoms with Crippen molar-refractivity contribution in [3.8, 4) is 22.9 Å². The average molecular weight is 477 g/mol. The second kappa shape index (κ2) is 9.20. The van der Waals surface area contributed by atoms with Crippen LogP contribution in [0.15, 0.2) is 82.1 Å². The smallest absolute Gasteiger partial charge is 0.254 e. The Bertz CT molecular complexity index is 1410. The van der Waals surface area contributed by atoms with Gasteiger partial charge in [0.15, 0.2) is 0 Å². The third-order valence-electron chi connectivity index (χ3n) is 5.69. The average Bonchev–Trinajstić information content (AvgIpc) is 3.33. The van der Waals surface area contributed by atoms with Crippen molar-refractivity contribution in [3.63, 3.8) is 0 Å². The van der Waals surface area contributed by atoms with Crippen molar-refractivity contribution in [2.24, 2.45) is 5.14 Å². The molecule has 0 fully saturated rings. The van der Waals surface area contributed by atoms with E-state index in [1.54, 1.807) is 48.3 Å². The maximum absolute atomic E-state index is 13.0. The van der Waals surface area contributed by atoms with E-state index < -0.39 is 10.0 Å². The summed E-state index contributed by atoms with van der Waals surface area (Å²) in [5.41, 5.74) is 3.97. The van der Waals surface area contributed by atoms with Crippen molar-refractivity contribution in [1.82, 2.24) is 15.1 Å². The summed E-state index contributed by atoms with van der Waals surface area (Å²) in [7, 11) is -2.07. The Morgan fingerprint density at radius 2 is 1.38 bits per heavy atom. The van der Waals surface area contributed by atoms with Gasteiger partial charge in [-0.05, 0) is 67.9 Å². The molecule has 3 aromatic carbocycles. The number of aromatic nitrogens is 2. The number of sulfonamides is 1. The predicted molar refractivity (Wildman–Crippen MR) is 128 cm³/mol. The van der Waals surface area contributed by atoms with Crippen molar-refractivity contribution >= 4 is 15.9 Å². The minimum atomic E-state index is -3.77. The lowest BCUT2D eigenvalue weighted by atomic mass is 10.1. The molecule has 0 aliphatic rings. The fourth-order valence-electron chi connectivity index (χ4n) is 3.45. The Kier molecular flexibility index (Phi) is 6.32. The number of rotatable bonds is 6. The minimum Gasteiger partial charge on any atom is -0.416 e. The third-order valence-corrected chi connectivity index (χ3v) is 6.62. The zero-order chi connectivity index (χ0) is 24.5. The third kappa shape index (κ3) is 4.90. The van der Waals surface area contributed by atoms with Crippen LogP contribution in [0.2, 0.25) is 0 Å². The Morgan fingerprint density at radius 3 is 1.88 bits per heavy atom. The molecule has 0 radical (unpaired) electrons. The van der Waals surface area contributed by atoms with Crippen LogP contribution in [0.3, 0.4) is 0 Å². The van der Waals surface area contributed by atoms with Crippen molar-refractivity contribution < 1.29 is 17.6 Å². The van der Waals surface area contributed by atoms with E-state index in [1.807, 2.05) is 38.1 Å². The number of carbonyl (C=O) groups is 1. The van der Waals surface area contributed by atoms with Gasteiger partial charge < -0.3 is 9.32 Å². The number of primary sulfonamides is 1. The quantitative estimate of drug-likeness (QED) is 0.446. The molecular formula is C25H24N4O4S. The van der Waals surface area contributed by atoms with Crippen LogP contribution in [0.25, 0.3) is 22.9 Å². The van der Waals surface area contributed by atoms with Gasteiger partial charge in [-0.3, -0.25) is 4.79 Å². The largest absolute Gasteiger partial charge is 0.416 e. The van der Waals surface area contributed by atoms with Gasteiger partial charge in [0.1, 0.15) is 0 Å². The van der Waals surface area contributed by atoms with E-state index in [1.165, 1.54) is 12.1 Å². The molecule has 0 saturated carbocycles. The number of hydrogen-bond donors (Lipinski definition) is 1. The van der Waals surface area contributed by atoms with Crippen LogP contribution in [0, 0.1) is 6.92 Å². The summed E-state index contributed by atoms with van der Waals surface area (Å²) >= 11 is 0. The monoisotopic (exact) mass is 476 g/mol. The standard InChI is InChI=1S/C25H24N4O4S/c1-16-4-6-19(7-5-16)23-27-28-24(33-23)20-8-10-21(11-9-20)25(30)29(3)17(2)18-12-14-22(15-13-18)34(26,31)32/h4-15,17H,1-3H3,(H2,26,31,32). The first-order valence-electron chi connectivity index (χ1n) is 10.5. The van der Waals surface area contributed by atoms with Gasteiger partial charge in [-0.15, -0.1) is 10.2 Å².